The first-order valence-electron chi connectivity index (χ1n) is 6.65. The molecule has 0 aromatic heterocycles. The zero-order chi connectivity index (χ0) is 15.0. The lowest BCUT2D eigenvalue weighted by molar-refractivity contribution is -0.138. The van der Waals surface area contributed by atoms with Crippen molar-refractivity contribution in [2.75, 3.05) is 26.2 Å². The van der Waals surface area contributed by atoms with Crippen LogP contribution >= 0.6 is 0 Å². The molecule has 0 aliphatic rings. The van der Waals surface area contributed by atoms with Gasteiger partial charge in [-0.1, -0.05) is 12.2 Å². The molecule has 0 rings (SSSR count). The summed E-state index contributed by atoms with van der Waals surface area (Å²) in [7, 11) is 0. The maximum atomic E-state index is 12.2. The molecule has 0 saturated carbocycles. The first-order valence-corrected chi connectivity index (χ1v) is 6.65. The molecule has 0 aromatic carbocycles. The molecule has 0 bridgehead atoms. The van der Waals surface area contributed by atoms with E-state index in [1.165, 1.54) is 0 Å². The number of likely N-dealkylation sites (N-methyl/N-ethyl adjacent to an activating group) is 1. The predicted octanol–water partition coefficient (Wildman–Crippen LogP) is 1.60. The smallest absolute Gasteiger partial charge is 0.304 e. The number of carboxylic acid groups (broad SMARTS) is 1. The van der Waals surface area contributed by atoms with Crippen molar-refractivity contribution < 1.29 is 14.7 Å². The summed E-state index contributed by atoms with van der Waals surface area (Å²) < 4.78 is 0. The summed E-state index contributed by atoms with van der Waals surface area (Å²) in [6.07, 6.45) is 0.0536. The number of carboxylic acids is 1. The first-order chi connectivity index (χ1) is 8.77. The van der Waals surface area contributed by atoms with Crippen molar-refractivity contribution in [2.24, 2.45) is 0 Å². The molecule has 0 aliphatic carbocycles. The fraction of sp³-hybridized carbons (Fsp3) is 0.714. The molecule has 5 heteroatoms. The first kappa shape index (κ1) is 17.6. The fourth-order valence-corrected chi connectivity index (χ4v) is 1.73. The lowest BCUT2D eigenvalue weighted by Gasteiger charge is -2.29. The highest BCUT2D eigenvalue weighted by Crippen LogP contribution is 2.03. The van der Waals surface area contributed by atoms with Crippen LogP contribution in [0.25, 0.3) is 0 Å². The van der Waals surface area contributed by atoms with Crippen molar-refractivity contribution >= 4 is 11.9 Å². The van der Waals surface area contributed by atoms with Gasteiger partial charge in [0, 0.05) is 25.7 Å². The molecule has 110 valence electrons. The van der Waals surface area contributed by atoms with Crippen molar-refractivity contribution in [3.8, 4) is 0 Å². The van der Waals surface area contributed by atoms with Crippen LogP contribution in [0, 0.1) is 0 Å². The van der Waals surface area contributed by atoms with E-state index in [9.17, 15) is 9.59 Å². The number of carbonyl (C=O) groups excluding carboxylic acids is 1. The van der Waals surface area contributed by atoms with Gasteiger partial charge in [-0.3, -0.25) is 14.5 Å². The van der Waals surface area contributed by atoms with Gasteiger partial charge in [0.15, 0.2) is 0 Å². The van der Waals surface area contributed by atoms with E-state index in [0.29, 0.717) is 19.6 Å². The number of hydrogen-bond acceptors (Lipinski definition) is 3. The fourth-order valence-electron chi connectivity index (χ4n) is 1.73. The van der Waals surface area contributed by atoms with E-state index in [1.54, 1.807) is 4.90 Å². The summed E-state index contributed by atoms with van der Waals surface area (Å²) in [5, 5.41) is 8.72. The SMILES string of the molecule is C=C(C)CN(CC)C(=O)CN(CCC(=O)O)C(C)C. The Kier molecular flexibility index (Phi) is 8.07. The molecule has 0 aromatic rings. The van der Waals surface area contributed by atoms with Crippen LogP contribution in [0.3, 0.4) is 0 Å². The summed E-state index contributed by atoms with van der Waals surface area (Å²) in [5.41, 5.74) is 0.942. The lowest BCUT2D eigenvalue weighted by Crippen LogP contribution is -2.44. The summed E-state index contributed by atoms with van der Waals surface area (Å²) in [6, 6.07) is 0.145. The Morgan fingerprint density at radius 3 is 2.21 bits per heavy atom. The third kappa shape index (κ3) is 7.62. The Hall–Kier alpha value is -1.36. The van der Waals surface area contributed by atoms with E-state index in [0.717, 1.165) is 5.57 Å². The van der Waals surface area contributed by atoms with E-state index in [1.807, 2.05) is 32.6 Å². The Morgan fingerprint density at radius 2 is 1.84 bits per heavy atom. The van der Waals surface area contributed by atoms with Crippen LogP contribution in [-0.2, 0) is 9.59 Å². The van der Waals surface area contributed by atoms with Gasteiger partial charge in [0.25, 0.3) is 0 Å². The van der Waals surface area contributed by atoms with Crippen molar-refractivity contribution in [3.63, 3.8) is 0 Å². The predicted molar refractivity (Wildman–Crippen MR) is 76.0 cm³/mol. The van der Waals surface area contributed by atoms with Gasteiger partial charge in [0.1, 0.15) is 0 Å². The molecule has 0 aliphatic heterocycles. The molecule has 0 radical (unpaired) electrons. The summed E-state index contributed by atoms with van der Waals surface area (Å²) >= 11 is 0. The van der Waals surface area contributed by atoms with E-state index >= 15 is 0 Å². The van der Waals surface area contributed by atoms with E-state index in [4.69, 9.17) is 5.11 Å². The van der Waals surface area contributed by atoms with E-state index in [2.05, 4.69) is 6.58 Å². The summed E-state index contributed by atoms with van der Waals surface area (Å²) in [4.78, 5) is 26.4. The number of nitrogens with zero attached hydrogens (tertiary/aromatic N) is 2. The molecule has 1 N–H and O–H groups in total. The Bertz CT molecular complexity index is 327. The van der Waals surface area contributed by atoms with E-state index in [-0.39, 0.29) is 24.9 Å². The second-order valence-electron chi connectivity index (χ2n) is 5.07. The van der Waals surface area contributed by atoms with Gasteiger partial charge < -0.3 is 10.0 Å². The molecule has 1 amide bonds. The molecular formula is C14H26N2O3. The minimum atomic E-state index is -0.840. The van der Waals surface area contributed by atoms with Crippen molar-refractivity contribution in [1.29, 1.82) is 0 Å². The van der Waals surface area contributed by atoms with Gasteiger partial charge in [-0.2, -0.15) is 0 Å². The largest absolute Gasteiger partial charge is 0.481 e. The van der Waals surface area contributed by atoms with Crippen molar-refractivity contribution in [1.82, 2.24) is 9.80 Å². The highest BCUT2D eigenvalue weighted by Gasteiger charge is 2.18. The normalized spacial score (nSPS) is 10.8. The number of carbonyl (C=O) groups is 2. The maximum Gasteiger partial charge on any atom is 0.304 e. The van der Waals surface area contributed by atoms with Crippen LogP contribution in [0.2, 0.25) is 0 Å². The molecule has 19 heavy (non-hydrogen) atoms. The van der Waals surface area contributed by atoms with Crippen LogP contribution < -0.4 is 0 Å². The van der Waals surface area contributed by atoms with Crippen LogP contribution in [0.15, 0.2) is 12.2 Å². The van der Waals surface area contributed by atoms with Crippen LogP contribution in [0.1, 0.15) is 34.1 Å². The summed E-state index contributed by atoms with van der Waals surface area (Å²) in [6.45, 7) is 13.4. The van der Waals surface area contributed by atoms with Crippen LogP contribution in [0.5, 0.6) is 0 Å². The van der Waals surface area contributed by atoms with Crippen LogP contribution in [-0.4, -0.2) is 59.0 Å². The average molecular weight is 270 g/mol. The topological polar surface area (TPSA) is 60.9 Å². The zero-order valence-electron chi connectivity index (χ0n) is 12.5. The van der Waals surface area contributed by atoms with Gasteiger partial charge in [-0.05, 0) is 27.7 Å². The molecule has 0 spiro atoms. The molecule has 5 nitrogen and oxygen atoms in total. The molecular weight excluding hydrogens is 244 g/mol. The Labute approximate surface area is 115 Å². The third-order valence-electron chi connectivity index (χ3n) is 2.88. The van der Waals surface area contributed by atoms with Gasteiger partial charge in [0.2, 0.25) is 5.91 Å². The van der Waals surface area contributed by atoms with Gasteiger partial charge >= 0.3 is 5.97 Å². The molecule has 0 fully saturated rings. The Balaban J connectivity index is 4.51. The average Bonchev–Trinajstić information content (AvgIpc) is 2.30. The highest BCUT2D eigenvalue weighted by atomic mass is 16.4. The number of aliphatic carboxylic acids is 1. The zero-order valence-corrected chi connectivity index (χ0v) is 12.5. The standard InChI is InChI=1S/C14H26N2O3/c1-6-15(9-11(2)3)13(17)10-16(12(4)5)8-7-14(18)19/h12H,2,6-10H2,1,3-5H3,(H,18,19). The van der Waals surface area contributed by atoms with Crippen LogP contribution in [0.4, 0.5) is 0 Å². The second kappa shape index (κ2) is 8.69. The van der Waals surface area contributed by atoms with Gasteiger partial charge in [0.05, 0.1) is 13.0 Å². The molecule has 0 saturated heterocycles. The minimum Gasteiger partial charge on any atom is -0.481 e. The van der Waals surface area contributed by atoms with Crippen molar-refractivity contribution in [3.05, 3.63) is 12.2 Å². The monoisotopic (exact) mass is 270 g/mol. The Morgan fingerprint density at radius 1 is 1.26 bits per heavy atom. The number of hydrogen-bond donors (Lipinski definition) is 1. The molecule has 0 atom stereocenters. The number of amides is 1. The minimum absolute atomic E-state index is 0.0181. The third-order valence-corrected chi connectivity index (χ3v) is 2.88. The molecule has 0 unspecified atom stereocenters. The van der Waals surface area contributed by atoms with Gasteiger partial charge in [-0.25, -0.2) is 0 Å². The van der Waals surface area contributed by atoms with E-state index < -0.39 is 5.97 Å². The summed E-state index contributed by atoms with van der Waals surface area (Å²) in [5.74, 6) is -0.822. The van der Waals surface area contributed by atoms with Crippen molar-refractivity contribution in [2.45, 2.75) is 40.2 Å². The quantitative estimate of drug-likeness (QED) is 0.646. The van der Waals surface area contributed by atoms with Gasteiger partial charge in [-0.15, -0.1) is 0 Å². The number of rotatable bonds is 9. The maximum absolute atomic E-state index is 12.2. The lowest BCUT2D eigenvalue weighted by atomic mass is 10.2. The molecule has 0 heterocycles. The highest BCUT2D eigenvalue weighted by molar-refractivity contribution is 5.78. The second-order valence-corrected chi connectivity index (χ2v) is 5.07.